The monoisotopic (exact) mass is 405 g/mol. The molecule has 6 nitrogen and oxygen atoms in total. The number of halogens is 4. The molecule has 0 atom stereocenters. The highest BCUT2D eigenvalue weighted by molar-refractivity contribution is 5.72. The van der Waals surface area contributed by atoms with Crippen molar-refractivity contribution >= 4 is 11.2 Å². The molecule has 0 aliphatic rings. The predicted octanol–water partition coefficient (Wildman–Crippen LogP) is 5.24. The van der Waals surface area contributed by atoms with Crippen LogP contribution in [0.25, 0.3) is 22.7 Å². The fraction of sp³-hybridized carbons (Fsp3) is 0.105. The number of oxazole rings is 1. The number of methoxy groups -OCH3 is 1. The fourth-order valence-electron chi connectivity index (χ4n) is 2.58. The Balaban J connectivity index is 1.70. The van der Waals surface area contributed by atoms with E-state index in [9.17, 15) is 17.6 Å². The molecule has 0 unspecified atom stereocenters. The molecule has 0 N–H and O–H groups in total. The zero-order chi connectivity index (χ0) is 20.6. The van der Waals surface area contributed by atoms with Gasteiger partial charge >= 0.3 is 12.2 Å². The number of alkyl halides is 3. The van der Waals surface area contributed by atoms with Crippen molar-refractivity contribution in [3.8, 4) is 29.0 Å². The van der Waals surface area contributed by atoms with E-state index < -0.39 is 17.6 Å². The molecule has 148 valence electrons. The number of ether oxygens (including phenoxy) is 2. The average Bonchev–Trinajstić information content (AvgIpc) is 3.12. The van der Waals surface area contributed by atoms with Crippen molar-refractivity contribution in [2.75, 3.05) is 7.11 Å². The van der Waals surface area contributed by atoms with Crippen molar-refractivity contribution in [3.63, 3.8) is 0 Å². The first kappa shape index (κ1) is 18.7. The van der Waals surface area contributed by atoms with Crippen LogP contribution >= 0.6 is 0 Å². The second-order valence-corrected chi connectivity index (χ2v) is 5.81. The van der Waals surface area contributed by atoms with Gasteiger partial charge in [-0.25, -0.2) is 14.4 Å². The van der Waals surface area contributed by atoms with Gasteiger partial charge in [0, 0.05) is 5.56 Å². The van der Waals surface area contributed by atoms with Gasteiger partial charge in [-0.3, -0.25) is 0 Å². The Labute approximate surface area is 160 Å². The Morgan fingerprint density at radius 1 is 1.00 bits per heavy atom. The second-order valence-electron chi connectivity index (χ2n) is 5.81. The molecule has 29 heavy (non-hydrogen) atoms. The van der Waals surface area contributed by atoms with Crippen LogP contribution in [0, 0.1) is 5.82 Å². The minimum atomic E-state index is -4.62. The molecule has 0 aliphatic carbocycles. The Bertz CT molecular complexity index is 1190. The van der Waals surface area contributed by atoms with Gasteiger partial charge in [-0.15, -0.1) is 0 Å². The van der Waals surface area contributed by atoms with Gasteiger partial charge in [0.25, 0.3) is 5.71 Å². The molecule has 4 rings (SSSR count). The van der Waals surface area contributed by atoms with Gasteiger partial charge in [-0.1, -0.05) is 12.1 Å². The average molecular weight is 405 g/mol. The van der Waals surface area contributed by atoms with Crippen molar-refractivity contribution in [2.45, 2.75) is 6.18 Å². The summed E-state index contributed by atoms with van der Waals surface area (Å²) in [6, 6.07) is 8.90. The molecule has 0 aliphatic heterocycles. The maximum Gasteiger partial charge on any atom is 0.419 e. The highest BCUT2D eigenvalue weighted by Gasteiger charge is 2.35. The lowest BCUT2D eigenvalue weighted by molar-refractivity contribution is -0.138. The molecule has 2 aromatic heterocycles. The van der Waals surface area contributed by atoms with Gasteiger partial charge in [0.05, 0.1) is 18.9 Å². The van der Waals surface area contributed by atoms with Crippen LogP contribution in [0.5, 0.6) is 17.5 Å². The zero-order valence-corrected chi connectivity index (χ0v) is 14.7. The molecule has 0 radical (unpaired) electrons. The Morgan fingerprint density at radius 3 is 2.52 bits per heavy atom. The summed E-state index contributed by atoms with van der Waals surface area (Å²) in [5.74, 6) is -1.10. The number of rotatable bonds is 4. The Hall–Kier alpha value is -3.69. The number of nitrogens with zero attached hydrogens (tertiary/aromatic N) is 3. The molecule has 0 saturated heterocycles. The van der Waals surface area contributed by atoms with Crippen molar-refractivity contribution in [3.05, 3.63) is 60.0 Å². The van der Waals surface area contributed by atoms with Crippen LogP contribution < -0.4 is 9.47 Å². The first-order valence-electron chi connectivity index (χ1n) is 8.17. The highest BCUT2D eigenvalue weighted by atomic mass is 19.4. The van der Waals surface area contributed by atoms with Gasteiger partial charge in [0.15, 0.2) is 11.6 Å². The van der Waals surface area contributed by atoms with Crippen molar-refractivity contribution in [1.29, 1.82) is 0 Å². The zero-order valence-electron chi connectivity index (χ0n) is 14.7. The quantitative estimate of drug-likeness (QED) is 0.432. The van der Waals surface area contributed by atoms with E-state index in [4.69, 9.17) is 13.9 Å². The molecule has 0 saturated carbocycles. The largest absolute Gasteiger partial charge is 0.496 e. The number of fused-ring (bicyclic) bond motifs is 1. The number of para-hydroxylation sites is 1. The maximum atomic E-state index is 13.7. The van der Waals surface area contributed by atoms with E-state index in [1.165, 1.54) is 36.5 Å². The number of hydrogen-bond acceptors (Lipinski definition) is 6. The third kappa shape index (κ3) is 3.68. The van der Waals surface area contributed by atoms with Crippen molar-refractivity contribution in [1.82, 2.24) is 15.0 Å². The normalized spacial score (nSPS) is 11.6. The van der Waals surface area contributed by atoms with E-state index in [0.29, 0.717) is 0 Å². The molecule has 4 aromatic rings. The van der Waals surface area contributed by atoms with Crippen LogP contribution in [-0.4, -0.2) is 22.1 Å². The standard InChI is InChI=1S/C19H11F4N3O3/c1-27-14-7-6-10(8-11(14)19(21,22)23)16-25-13-9-24-18(26-17(13)29-16)28-15-5-3-2-4-12(15)20/h2-9H,1H3. The Morgan fingerprint density at radius 2 is 1.79 bits per heavy atom. The van der Waals surface area contributed by atoms with Crippen LogP contribution in [0.15, 0.2) is 53.1 Å². The second kappa shape index (κ2) is 7.04. The van der Waals surface area contributed by atoms with Crippen LogP contribution in [-0.2, 0) is 6.18 Å². The van der Waals surface area contributed by atoms with Crippen LogP contribution in [0.4, 0.5) is 17.6 Å². The lowest BCUT2D eigenvalue weighted by Crippen LogP contribution is -2.07. The first-order chi connectivity index (χ1) is 13.8. The maximum absolute atomic E-state index is 13.7. The number of benzene rings is 2. The topological polar surface area (TPSA) is 70.3 Å². The van der Waals surface area contributed by atoms with Gasteiger partial charge in [0.2, 0.25) is 5.89 Å². The molecule has 0 fully saturated rings. The summed E-state index contributed by atoms with van der Waals surface area (Å²) in [4.78, 5) is 12.0. The Kier molecular flexibility index (Phi) is 4.53. The minimum absolute atomic E-state index is 0.0225. The van der Waals surface area contributed by atoms with Gasteiger partial charge in [-0.05, 0) is 30.3 Å². The summed E-state index contributed by atoms with van der Waals surface area (Å²) in [5.41, 5.74) is -0.710. The first-order valence-corrected chi connectivity index (χ1v) is 8.17. The van der Waals surface area contributed by atoms with Crippen LogP contribution in [0.2, 0.25) is 0 Å². The summed E-state index contributed by atoms with van der Waals surface area (Å²) < 4.78 is 68.9. The third-order valence-electron chi connectivity index (χ3n) is 3.92. The molecule has 2 heterocycles. The van der Waals surface area contributed by atoms with E-state index >= 15 is 0 Å². The number of aromatic nitrogens is 3. The van der Waals surface area contributed by atoms with Gasteiger partial charge in [0.1, 0.15) is 11.3 Å². The summed E-state index contributed by atoms with van der Waals surface area (Å²) in [7, 11) is 1.15. The summed E-state index contributed by atoms with van der Waals surface area (Å²) in [5, 5.41) is 0. The van der Waals surface area contributed by atoms with Gasteiger partial charge in [-0.2, -0.15) is 18.2 Å². The minimum Gasteiger partial charge on any atom is -0.496 e. The lowest BCUT2D eigenvalue weighted by Gasteiger charge is -2.12. The van der Waals surface area contributed by atoms with E-state index in [-0.39, 0.29) is 40.2 Å². The summed E-state index contributed by atoms with van der Waals surface area (Å²) in [6.07, 6.45) is -3.35. The molecule has 0 spiro atoms. The fourth-order valence-corrected chi connectivity index (χ4v) is 2.58. The van der Waals surface area contributed by atoms with Crippen LogP contribution in [0.3, 0.4) is 0 Å². The van der Waals surface area contributed by atoms with E-state index in [1.807, 2.05) is 0 Å². The molecule has 0 amide bonds. The SMILES string of the molecule is COc1ccc(-c2nc3cnc(Oc4ccccc4F)nc3o2)cc1C(F)(F)F. The highest BCUT2D eigenvalue weighted by Crippen LogP contribution is 2.39. The van der Waals surface area contributed by atoms with E-state index in [1.54, 1.807) is 6.07 Å². The number of hydrogen-bond donors (Lipinski definition) is 0. The predicted molar refractivity (Wildman–Crippen MR) is 93.1 cm³/mol. The third-order valence-corrected chi connectivity index (χ3v) is 3.92. The van der Waals surface area contributed by atoms with Crippen molar-refractivity contribution in [2.24, 2.45) is 0 Å². The van der Waals surface area contributed by atoms with Crippen LogP contribution in [0.1, 0.15) is 5.56 Å². The summed E-state index contributed by atoms with van der Waals surface area (Å²) >= 11 is 0. The van der Waals surface area contributed by atoms with Gasteiger partial charge < -0.3 is 13.9 Å². The molecule has 10 heteroatoms. The molecule has 0 bridgehead atoms. The van der Waals surface area contributed by atoms with Crippen molar-refractivity contribution < 1.29 is 31.5 Å². The molecular weight excluding hydrogens is 394 g/mol. The molecular formula is C19H11F4N3O3. The molecule has 2 aromatic carbocycles. The van der Waals surface area contributed by atoms with E-state index in [2.05, 4.69) is 15.0 Å². The lowest BCUT2D eigenvalue weighted by atomic mass is 10.1. The smallest absolute Gasteiger partial charge is 0.419 e. The summed E-state index contributed by atoms with van der Waals surface area (Å²) in [6.45, 7) is 0. The van der Waals surface area contributed by atoms with E-state index in [0.717, 1.165) is 13.2 Å².